The zero-order valence-corrected chi connectivity index (χ0v) is 21.1. The highest BCUT2D eigenvalue weighted by molar-refractivity contribution is 14.0. The molecule has 0 aromatic carbocycles. The lowest BCUT2D eigenvalue weighted by Gasteiger charge is -2.36. The van der Waals surface area contributed by atoms with Crippen molar-refractivity contribution in [1.29, 1.82) is 0 Å². The molecule has 1 aromatic rings. The van der Waals surface area contributed by atoms with Gasteiger partial charge in [-0.25, -0.2) is 0 Å². The van der Waals surface area contributed by atoms with E-state index in [0.29, 0.717) is 6.10 Å². The van der Waals surface area contributed by atoms with Crippen LogP contribution in [0.3, 0.4) is 0 Å². The van der Waals surface area contributed by atoms with Gasteiger partial charge >= 0.3 is 0 Å². The van der Waals surface area contributed by atoms with Gasteiger partial charge in [-0.1, -0.05) is 30.8 Å². The highest BCUT2D eigenvalue weighted by Crippen LogP contribution is 2.20. The number of nitrogens with one attached hydrogen (secondary N) is 1. The van der Waals surface area contributed by atoms with Gasteiger partial charge in [0.05, 0.1) is 11.8 Å². The van der Waals surface area contributed by atoms with Gasteiger partial charge in [0.1, 0.15) is 5.76 Å². The molecule has 1 aliphatic heterocycles. The molecule has 1 saturated carbocycles. The van der Waals surface area contributed by atoms with Gasteiger partial charge in [0, 0.05) is 59.0 Å². The van der Waals surface area contributed by atoms with Crippen molar-refractivity contribution in [3.8, 4) is 0 Å². The molecule has 0 radical (unpaired) electrons. The predicted molar refractivity (Wildman–Crippen MR) is 132 cm³/mol. The van der Waals surface area contributed by atoms with Crippen molar-refractivity contribution in [2.75, 3.05) is 46.4 Å². The Bertz CT molecular complexity index is 608. The van der Waals surface area contributed by atoms with Crippen LogP contribution in [0, 0.1) is 6.92 Å². The predicted octanol–water partition coefficient (Wildman–Crippen LogP) is 3.81. The van der Waals surface area contributed by atoms with E-state index in [0.717, 1.165) is 76.1 Å². The number of rotatable bonds is 8. The number of guanidine groups is 1. The topological polar surface area (TPSA) is 66.1 Å². The van der Waals surface area contributed by atoms with E-state index in [1.165, 1.54) is 38.5 Å². The number of halogens is 1. The first kappa shape index (κ1) is 25.4. The maximum Gasteiger partial charge on any atom is 0.193 e. The van der Waals surface area contributed by atoms with Crippen molar-refractivity contribution in [3.05, 3.63) is 17.5 Å². The third kappa shape index (κ3) is 8.70. The van der Waals surface area contributed by atoms with Crippen LogP contribution < -0.4 is 5.32 Å². The molecule has 7 nitrogen and oxygen atoms in total. The molecule has 2 fully saturated rings. The summed E-state index contributed by atoms with van der Waals surface area (Å²) in [5.74, 6) is 1.90. The number of aliphatic imine (C=N–C) groups is 1. The second kappa shape index (κ2) is 14.2. The van der Waals surface area contributed by atoms with E-state index in [-0.39, 0.29) is 24.0 Å². The van der Waals surface area contributed by atoms with Gasteiger partial charge in [0.15, 0.2) is 5.96 Å². The lowest BCUT2D eigenvalue weighted by Crippen LogP contribution is -2.52. The van der Waals surface area contributed by atoms with Crippen LogP contribution in [0.15, 0.2) is 15.6 Å². The van der Waals surface area contributed by atoms with Crippen LogP contribution in [-0.2, 0) is 11.3 Å². The molecule has 3 rings (SSSR count). The Kier molecular flexibility index (Phi) is 12.1. The summed E-state index contributed by atoms with van der Waals surface area (Å²) in [6.45, 7) is 8.65. The molecule has 8 heteroatoms. The molecular weight excluding hydrogens is 493 g/mol. The number of hydrogen-bond acceptors (Lipinski definition) is 5. The number of piperazine rings is 1. The molecule has 0 spiro atoms. The summed E-state index contributed by atoms with van der Waals surface area (Å²) in [6, 6.07) is 2.02. The number of aryl methyl sites for hydroxylation is 1. The standard InChI is InChI=1S/C22H39N5O2.HI/c1-19-17-20(25-29-19)18-26-12-14-27(15-13-26)22(23-2)24-11-7-8-16-28-21-9-5-3-4-6-10-21;/h17,21H,3-16,18H2,1-2H3,(H,23,24);1H. The van der Waals surface area contributed by atoms with Gasteiger partial charge in [0.25, 0.3) is 0 Å². The molecule has 172 valence electrons. The number of ether oxygens (including phenoxy) is 1. The van der Waals surface area contributed by atoms with Crippen LogP contribution in [0.5, 0.6) is 0 Å². The molecule has 0 bridgehead atoms. The minimum absolute atomic E-state index is 0. The second-order valence-corrected chi connectivity index (χ2v) is 8.36. The first-order valence-electron chi connectivity index (χ1n) is 11.5. The SMILES string of the molecule is CN=C(NCCCCOC1CCCCCC1)N1CCN(Cc2cc(C)on2)CC1.I. The Labute approximate surface area is 199 Å². The maximum atomic E-state index is 6.09. The van der Waals surface area contributed by atoms with Crippen molar-refractivity contribution in [1.82, 2.24) is 20.3 Å². The Morgan fingerprint density at radius 1 is 1.17 bits per heavy atom. The van der Waals surface area contributed by atoms with E-state index in [4.69, 9.17) is 9.26 Å². The quantitative estimate of drug-likeness (QED) is 0.180. The molecule has 0 amide bonds. The summed E-state index contributed by atoms with van der Waals surface area (Å²) in [6.07, 6.45) is 10.7. The van der Waals surface area contributed by atoms with Gasteiger partial charge in [-0.05, 0) is 32.6 Å². The van der Waals surface area contributed by atoms with Gasteiger partial charge in [-0.3, -0.25) is 9.89 Å². The van der Waals surface area contributed by atoms with E-state index in [1.54, 1.807) is 0 Å². The molecule has 30 heavy (non-hydrogen) atoms. The molecular formula is C22H40IN5O2. The van der Waals surface area contributed by atoms with E-state index in [2.05, 4.69) is 25.3 Å². The Morgan fingerprint density at radius 2 is 1.90 bits per heavy atom. The molecule has 0 atom stereocenters. The second-order valence-electron chi connectivity index (χ2n) is 8.36. The number of aromatic nitrogens is 1. The summed E-state index contributed by atoms with van der Waals surface area (Å²) in [7, 11) is 1.88. The van der Waals surface area contributed by atoms with Crippen molar-refractivity contribution >= 4 is 29.9 Å². The van der Waals surface area contributed by atoms with Gasteiger partial charge < -0.3 is 19.5 Å². The average molecular weight is 533 g/mol. The van der Waals surface area contributed by atoms with Crippen molar-refractivity contribution < 1.29 is 9.26 Å². The fraction of sp³-hybridized carbons (Fsp3) is 0.818. The van der Waals surface area contributed by atoms with Crippen LogP contribution >= 0.6 is 24.0 Å². The normalized spacial score (nSPS) is 19.4. The Balaban J connectivity index is 0.00000320. The summed E-state index contributed by atoms with van der Waals surface area (Å²) in [4.78, 5) is 9.26. The van der Waals surface area contributed by atoms with E-state index < -0.39 is 0 Å². The zero-order chi connectivity index (χ0) is 20.3. The number of unbranched alkanes of at least 4 members (excludes halogenated alkanes) is 1. The van der Waals surface area contributed by atoms with Crippen LogP contribution in [0.2, 0.25) is 0 Å². The molecule has 1 aliphatic carbocycles. The van der Waals surface area contributed by atoms with Crippen molar-refractivity contribution in [2.24, 2.45) is 4.99 Å². The molecule has 2 aliphatic rings. The lowest BCUT2D eigenvalue weighted by atomic mass is 10.1. The summed E-state index contributed by atoms with van der Waals surface area (Å²) in [5, 5.41) is 7.63. The zero-order valence-electron chi connectivity index (χ0n) is 18.8. The first-order valence-corrected chi connectivity index (χ1v) is 11.5. The minimum Gasteiger partial charge on any atom is -0.378 e. The lowest BCUT2D eigenvalue weighted by molar-refractivity contribution is 0.0411. The monoisotopic (exact) mass is 533 g/mol. The fourth-order valence-corrected chi connectivity index (χ4v) is 4.26. The van der Waals surface area contributed by atoms with Gasteiger partial charge in [0.2, 0.25) is 0 Å². The number of hydrogen-bond donors (Lipinski definition) is 1. The smallest absolute Gasteiger partial charge is 0.193 e. The van der Waals surface area contributed by atoms with Crippen molar-refractivity contribution in [3.63, 3.8) is 0 Å². The Hall–Kier alpha value is -0.870. The molecule has 1 N–H and O–H groups in total. The highest BCUT2D eigenvalue weighted by Gasteiger charge is 2.20. The van der Waals surface area contributed by atoms with E-state index >= 15 is 0 Å². The molecule has 1 aromatic heterocycles. The molecule has 2 heterocycles. The molecule has 1 saturated heterocycles. The Morgan fingerprint density at radius 3 is 2.53 bits per heavy atom. The maximum absolute atomic E-state index is 6.09. The van der Waals surface area contributed by atoms with E-state index in [9.17, 15) is 0 Å². The molecule has 0 unspecified atom stereocenters. The van der Waals surface area contributed by atoms with Crippen LogP contribution in [0.4, 0.5) is 0 Å². The van der Waals surface area contributed by atoms with Gasteiger partial charge in [-0.2, -0.15) is 0 Å². The third-order valence-electron chi connectivity index (χ3n) is 5.96. The average Bonchev–Trinajstić information content (AvgIpc) is 2.98. The first-order chi connectivity index (χ1) is 14.2. The van der Waals surface area contributed by atoms with Crippen LogP contribution in [-0.4, -0.2) is 73.4 Å². The van der Waals surface area contributed by atoms with Crippen LogP contribution in [0.1, 0.15) is 62.8 Å². The summed E-state index contributed by atoms with van der Waals surface area (Å²) < 4.78 is 11.3. The summed E-state index contributed by atoms with van der Waals surface area (Å²) >= 11 is 0. The fourth-order valence-electron chi connectivity index (χ4n) is 4.26. The summed E-state index contributed by atoms with van der Waals surface area (Å²) in [5.41, 5.74) is 1.02. The van der Waals surface area contributed by atoms with Gasteiger partial charge in [-0.15, -0.1) is 24.0 Å². The van der Waals surface area contributed by atoms with Crippen LogP contribution in [0.25, 0.3) is 0 Å². The highest BCUT2D eigenvalue weighted by atomic mass is 127. The van der Waals surface area contributed by atoms with Crippen molar-refractivity contribution in [2.45, 2.75) is 70.9 Å². The number of nitrogens with zero attached hydrogens (tertiary/aromatic N) is 4. The van der Waals surface area contributed by atoms with E-state index in [1.807, 2.05) is 20.0 Å². The largest absolute Gasteiger partial charge is 0.378 e. The third-order valence-corrected chi connectivity index (χ3v) is 5.96. The minimum atomic E-state index is 0.